The zero-order valence-electron chi connectivity index (χ0n) is 14.1. The Bertz CT molecular complexity index is 395. The third kappa shape index (κ3) is 5.54. The first-order chi connectivity index (χ1) is 9.34. The highest BCUT2D eigenvalue weighted by Gasteiger charge is 2.25. The molecule has 114 valence electrons. The zero-order valence-corrected chi connectivity index (χ0v) is 14.1. The number of ether oxygens (including phenoxy) is 1. The molecule has 1 aromatic carbocycles. The normalized spacial score (nSPS) is 13.6. The molecule has 1 aromatic rings. The summed E-state index contributed by atoms with van der Waals surface area (Å²) in [5.74, 6) is 0.974. The molecule has 1 unspecified atom stereocenters. The van der Waals surface area contributed by atoms with E-state index < -0.39 is 0 Å². The maximum Gasteiger partial charge on any atom is 0.119 e. The number of aryl methyl sites for hydroxylation is 1. The molecule has 0 radical (unpaired) electrons. The van der Waals surface area contributed by atoms with Crippen molar-refractivity contribution in [2.24, 2.45) is 0 Å². The van der Waals surface area contributed by atoms with Gasteiger partial charge in [0, 0.05) is 18.1 Å². The lowest BCUT2D eigenvalue weighted by Gasteiger charge is -2.40. The van der Waals surface area contributed by atoms with Gasteiger partial charge in [0.2, 0.25) is 0 Å². The molecule has 0 aliphatic rings. The second-order valence-corrected chi connectivity index (χ2v) is 6.67. The van der Waals surface area contributed by atoms with Crippen LogP contribution in [0.1, 0.15) is 53.0 Å². The van der Waals surface area contributed by atoms with Crippen LogP contribution < -0.4 is 4.74 Å². The molecule has 2 nitrogen and oxygen atoms in total. The van der Waals surface area contributed by atoms with Gasteiger partial charge in [-0.2, -0.15) is 0 Å². The van der Waals surface area contributed by atoms with E-state index in [1.807, 2.05) is 12.1 Å². The van der Waals surface area contributed by atoms with Crippen LogP contribution in [0.4, 0.5) is 0 Å². The topological polar surface area (TPSA) is 12.5 Å². The second-order valence-electron chi connectivity index (χ2n) is 6.67. The maximum absolute atomic E-state index is 5.90. The maximum atomic E-state index is 5.90. The van der Waals surface area contributed by atoms with Gasteiger partial charge in [0.05, 0.1) is 0 Å². The zero-order chi connectivity index (χ0) is 15.2. The number of hydrogen-bond donors (Lipinski definition) is 0. The summed E-state index contributed by atoms with van der Waals surface area (Å²) in [4.78, 5) is 2.55. The average molecular weight is 277 g/mol. The fourth-order valence-electron chi connectivity index (χ4n) is 2.76. The van der Waals surface area contributed by atoms with Crippen molar-refractivity contribution in [1.29, 1.82) is 0 Å². The van der Waals surface area contributed by atoms with E-state index in [1.165, 1.54) is 18.4 Å². The molecular weight excluding hydrogens is 246 g/mol. The number of nitrogens with zero attached hydrogens (tertiary/aromatic N) is 1. The minimum Gasteiger partial charge on any atom is -0.492 e. The smallest absolute Gasteiger partial charge is 0.119 e. The summed E-state index contributed by atoms with van der Waals surface area (Å²) >= 11 is 0. The van der Waals surface area contributed by atoms with E-state index in [9.17, 15) is 0 Å². The number of rotatable bonds is 7. The molecule has 1 rings (SSSR count). The van der Waals surface area contributed by atoms with Crippen LogP contribution in [0, 0.1) is 6.92 Å². The first kappa shape index (κ1) is 17.0. The van der Waals surface area contributed by atoms with Crippen LogP contribution in [0.2, 0.25) is 0 Å². The van der Waals surface area contributed by atoms with Gasteiger partial charge in [-0.1, -0.05) is 25.5 Å². The van der Waals surface area contributed by atoms with Crippen molar-refractivity contribution in [3.8, 4) is 5.75 Å². The van der Waals surface area contributed by atoms with E-state index in [2.05, 4.69) is 58.6 Å². The van der Waals surface area contributed by atoms with Crippen LogP contribution >= 0.6 is 0 Å². The SMILES string of the molecule is CCCC(C)N(CCOc1cccc(C)c1)C(C)(C)C. The van der Waals surface area contributed by atoms with Crippen molar-refractivity contribution in [2.45, 2.75) is 66.0 Å². The predicted octanol–water partition coefficient (Wildman–Crippen LogP) is 4.66. The monoisotopic (exact) mass is 277 g/mol. The molecule has 0 saturated heterocycles. The van der Waals surface area contributed by atoms with Crippen LogP contribution in [0.15, 0.2) is 24.3 Å². The Hall–Kier alpha value is -1.02. The molecule has 0 N–H and O–H groups in total. The lowest BCUT2D eigenvalue weighted by Crippen LogP contribution is -2.48. The summed E-state index contributed by atoms with van der Waals surface area (Å²) in [5.41, 5.74) is 1.43. The molecule has 0 amide bonds. The van der Waals surface area contributed by atoms with Crippen LogP contribution in [-0.4, -0.2) is 29.6 Å². The van der Waals surface area contributed by atoms with E-state index in [1.54, 1.807) is 0 Å². The van der Waals surface area contributed by atoms with Crippen molar-refractivity contribution in [1.82, 2.24) is 4.90 Å². The van der Waals surface area contributed by atoms with Crippen molar-refractivity contribution in [2.75, 3.05) is 13.2 Å². The van der Waals surface area contributed by atoms with E-state index >= 15 is 0 Å². The molecule has 0 heterocycles. The number of benzene rings is 1. The highest BCUT2D eigenvalue weighted by atomic mass is 16.5. The summed E-state index contributed by atoms with van der Waals surface area (Å²) in [7, 11) is 0. The average Bonchev–Trinajstić information content (AvgIpc) is 2.33. The third-order valence-electron chi connectivity index (χ3n) is 3.69. The molecular formula is C18H31NO. The van der Waals surface area contributed by atoms with Crippen LogP contribution in [0.3, 0.4) is 0 Å². The standard InChI is InChI=1S/C18H31NO/c1-7-9-16(3)19(18(4,5)6)12-13-20-17-11-8-10-15(2)14-17/h8,10-11,14,16H,7,9,12-13H2,1-6H3. The van der Waals surface area contributed by atoms with E-state index in [0.717, 1.165) is 18.9 Å². The van der Waals surface area contributed by atoms with Gasteiger partial charge in [0.25, 0.3) is 0 Å². The molecule has 0 bridgehead atoms. The summed E-state index contributed by atoms with van der Waals surface area (Å²) in [5, 5.41) is 0. The van der Waals surface area contributed by atoms with E-state index in [4.69, 9.17) is 4.74 Å². The highest BCUT2D eigenvalue weighted by Crippen LogP contribution is 2.20. The van der Waals surface area contributed by atoms with Crippen LogP contribution in [-0.2, 0) is 0 Å². The Kier molecular flexibility index (Phi) is 6.54. The molecule has 0 spiro atoms. The summed E-state index contributed by atoms with van der Waals surface area (Å²) in [6, 6.07) is 8.87. The summed E-state index contributed by atoms with van der Waals surface area (Å²) < 4.78 is 5.90. The Morgan fingerprint density at radius 1 is 1.25 bits per heavy atom. The van der Waals surface area contributed by atoms with Gasteiger partial charge in [0.15, 0.2) is 0 Å². The fraction of sp³-hybridized carbons (Fsp3) is 0.667. The van der Waals surface area contributed by atoms with Gasteiger partial charge in [-0.3, -0.25) is 4.90 Å². The summed E-state index contributed by atoms with van der Waals surface area (Å²) in [6.45, 7) is 15.2. The van der Waals surface area contributed by atoms with Crippen LogP contribution in [0.5, 0.6) is 5.75 Å². The van der Waals surface area contributed by atoms with Gasteiger partial charge in [0.1, 0.15) is 12.4 Å². The predicted molar refractivity (Wildman–Crippen MR) is 87.5 cm³/mol. The van der Waals surface area contributed by atoms with Gasteiger partial charge in [-0.05, 0) is 58.7 Å². The molecule has 0 fully saturated rings. The number of hydrogen-bond acceptors (Lipinski definition) is 2. The van der Waals surface area contributed by atoms with E-state index in [-0.39, 0.29) is 5.54 Å². The highest BCUT2D eigenvalue weighted by molar-refractivity contribution is 5.27. The molecule has 2 heteroatoms. The molecule has 0 aliphatic carbocycles. The fourth-order valence-corrected chi connectivity index (χ4v) is 2.76. The van der Waals surface area contributed by atoms with Gasteiger partial charge >= 0.3 is 0 Å². The van der Waals surface area contributed by atoms with E-state index in [0.29, 0.717) is 6.04 Å². The van der Waals surface area contributed by atoms with Gasteiger partial charge < -0.3 is 4.74 Å². The largest absolute Gasteiger partial charge is 0.492 e. The van der Waals surface area contributed by atoms with Crippen LogP contribution in [0.25, 0.3) is 0 Å². The first-order valence-electron chi connectivity index (χ1n) is 7.80. The van der Waals surface area contributed by atoms with Crippen molar-refractivity contribution in [3.63, 3.8) is 0 Å². The molecule has 0 aliphatic heterocycles. The minimum absolute atomic E-state index is 0.185. The molecule has 0 aromatic heterocycles. The quantitative estimate of drug-likeness (QED) is 0.718. The summed E-state index contributed by atoms with van der Waals surface area (Å²) in [6.07, 6.45) is 2.47. The second kappa shape index (κ2) is 7.68. The Morgan fingerprint density at radius 3 is 2.50 bits per heavy atom. The van der Waals surface area contributed by atoms with Gasteiger partial charge in [-0.15, -0.1) is 0 Å². The Morgan fingerprint density at radius 2 is 1.95 bits per heavy atom. The Balaban J connectivity index is 2.54. The third-order valence-corrected chi connectivity index (χ3v) is 3.69. The van der Waals surface area contributed by atoms with Crippen molar-refractivity contribution in [3.05, 3.63) is 29.8 Å². The minimum atomic E-state index is 0.185. The van der Waals surface area contributed by atoms with Gasteiger partial charge in [-0.25, -0.2) is 0 Å². The Labute approximate surface area is 125 Å². The lowest BCUT2D eigenvalue weighted by molar-refractivity contribution is 0.0680. The van der Waals surface area contributed by atoms with Crippen molar-refractivity contribution >= 4 is 0 Å². The molecule has 1 atom stereocenters. The van der Waals surface area contributed by atoms with Crippen molar-refractivity contribution < 1.29 is 4.74 Å². The molecule has 20 heavy (non-hydrogen) atoms. The lowest BCUT2D eigenvalue weighted by atomic mass is 10.0. The first-order valence-corrected chi connectivity index (χ1v) is 7.80. The molecule has 0 saturated carbocycles.